The Bertz CT molecular complexity index is 584. The minimum atomic E-state index is -0.501. The van der Waals surface area contributed by atoms with Crippen LogP contribution in [0.25, 0.3) is 10.9 Å². The van der Waals surface area contributed by atoms with Crippen LogP contribution in [0, 0.1) is 10.1 Å². The number of hydrogen-bond donors (Lipinski definition) is 2. The molecule has 0 fully saturated rings. The van der Waals surface area contributed by atoms with E-state index in [9.17, 15) is 15.2 Å². The van der Waals surface area contributed by atoms with Gasteiger partial charge in [0.25, 0.3) is 5.69 Å². The maximum Gasteiger partial charge on any atom is 0.278 e. The molecule has 0 saturated heterocycles. The molecule has 2 N–H and O–H groups in total. The first-order valence-corrected chi connectivity index (χ1v) is 5.53. The molecule has 6 nitrogen and oxygen atoms in total. The molecule has 2 aromatic rings. The number of aromatic nitrogens is 1. The van der Waals surface area contributed by atoms with Crippen LogP contribution >= 0.6 is 0 Å². The molecular weight excluding hydrogens is 234 g/mol. The van der Waals surface area contributed by atoms with Crippen LogP contribution in [0.2, 0.25) is 0 Å². The van der Waals surface area contributed by atoms with Gasteiger partial charge in [-0.2, -0.15) is 0 Å². The van der Waals surface area contributed by atoms with E-state index in [1.165, 1.54) is 6.07 Å². The van der Waals surface area contributed by atoms with Crippen molar-refractivity contribution < 1.29 is 10.0 Å². The summed E-state index contributed by atoms with van der Waals surface area (Å²) in [5.74, 6) is 0. The number of benzene rings is 1. The topological polar surface area (TPSA) is 88.3 Å². The van der Waals surface area contributed by atoms with Gasteiger partial charge < -0.3 is 10.4 Å². The van der Waals surface area contributed by atoms with Crippen molar-refractivity contribution in [2.24, 2.45) is 0 Å². The lowest BCUT2D eigenvalue weighted by Gasteiger charge is -2.10. The molecular formula is C12H13N3O3. The molecule has 0 saturated carbocycles. The van der Waals surface area contributed by atoms with Gasteiger partial charge in [-0.15, -0.1) is 0 Å². The van der Waals surface area contributed by atoms with Crippen LogP contribution < -0.4 is 5.32 Å². The van der Waals surface area contributed by atoms with E-state index in [2.05, 4.69) is 10.3 Å². The normalized spacial score (nSPS) is 12.3. The van der Waals surface area contributed by atoms with Crippen LogP contribution in [0.3, 0.4) is 0 Å². The predicted octanol–water partition coefficient (Wildman–Crippen LogP) is 1.94. The number of nitrogens with one attached hydrogen (secondary N) is 1. The molecule has 0 spiro atoms. The molecule has 0 aliphatic heterocycles. The number of nitro benzene ring substituents is 1. The molecule has 1 heterocycles. The maximum absolute atomic E-state index is 10.9. The lowest BCUT2D eigenvalue weighted by molar-refractivity contribution is -0.383. The zero-order chi connectivity index (χ0) is 13.1. The minimum absolute atomic E-state index is 0.0284. The van der Waals surface area contributed by atoms with Crippen molar-refractivity contribution in [3.63, 3.8) is 0 Å². The minimum Gasteiger partial charge on any atom is -0.392 e. The smallest absolute Gasteiger partial charge is 0.278 e. The first-order valence-electron chi connectivity index (χ1n) is 5.53. The fourth-order valence-corrected chi connectivity index (χ4v) is 1.72. The summed E-state index contributed by atoms with van der Waals surface area (Å²) in [6.07, 6.45) is 1.08. The maximum atomic E-state index is 10.9. The van der Waals surface area contributed by atoms with E-state index in [1.54, 1.807) is 31.3 Å². The number of anilines is 1. The van der Waals surface area contributed by atoms with Crippen molar-refractivity contribution in [3.8, 4) is 0 Å². The second-order valence-corrected chi connectivity index (χ2v) is 4.02. The summed E-state index contributed by atoms with van der Waals surface area (Å²) in [6.45, 7) is 2.03. The number of aliphatic hydroxyl groups excluding tert-OH is 1. The van der Waals surface area contributed by atoms with Crippen molar-refractivity contribution in [2.45, 2.75) is 13.0 Å². The van der Waals surface area contributed by atoms with E-state index in [0.717, 1.165) is 0 Å². The highest BCUT2D eigenvalue weighted by molar-refractivity contribution is 5.96. The van der Waals surface area contributed by atoms with Crippen LogP contribution in [-0.4, -0.2) is 27.7 Å². The number of nitrogens with zero attached hydrogens (tertiary/aromatic N) is 2. The van der Waals surface area contributed by atoms with Gasteiger partial charge in [-0.25, -0.2) is 0 Å². The zero-order valence-corrected chi connectivity index (χ0v) is 9.83. The van der Waals surface area contributed by atoms with Crippen molar-refractivity contribution in [2.75, 3.05) is 11.9 Å². The van der Waals surface area contributed by atoms with Crippen LogP contribution in [0.1, 0.15) is 6.92 Å². The second-order valence-electron chi connectivity index (χ2n) is 4.02. The van der Waals surface area contributed by atoms with Crippen LogP contribution in [0.5, 0.6) is 0 Å². The molecule has 0 aliphatic carbocycles. The Hall–Kier alpha value is -2.21. The number of aliphatic hydroxyl groups is 1. The quantitative estimate of drug-likeness (QED) is 0.636. The third-order valence-electron chi connectivity index (χ3n) is 2.53. The van der Waals surface area contributed by atoms with E-state index in [4.69, 9.17) is 0 Å². The van der Waals surface area contributed by atoms with E-state index in [1.807, 2.05) is 0 Å². The number of non-ortho nitro benzene ring substituents is 1. The van der Waals surface area contributed by atoms with Crippen molar-refractivity contribution >= 4 is 22.3 Å². The largest absolute Gasteiger partial charge is 0.392 e. The lowest BCUT2D eigenvalue weighted by atomic mass is 10.1. The zero-order valence-electron chi connectivity index (χ0n) is 9.83. The first kappa shape index (κ1) is 12.3. The fraction of sp³-hybridized carbons (Fsp3) is 0.250. The summed E-state index contributed by atoms with van der Waals surface area (Å²) in [4.78, 5) is 14.6. The van der Waals surface area contributed by atoms with Crippen LogP contribution in [0.4, 0.5) is 11.4 Å². The number of rotatable bonds is 4. The number of hydrogen-bond acceptors (Lipinski definition) is 5. The van der Waals surface area contributed by atoms with Gasteiger partial charge in [0.15, 0.2) is 0 Å². The molecule has 0 bridgehead atoms. The van der Waals surface area contributed by atoms with Crippen LogP contribution in [0.15, 0.2) is 30.5 Å². The van der Waals surface area contributed by atoms with E-state index < -0.39 is 11.0 Å². The fourth-order valence-electron chi connectivity index (χ4n) is 1.72. The Morgan fingerprint density at radius 2 is 2.28 bits per heavy atom. The summed E-state index contributed by atoms with van der Waals surface area (Å²) in [6, 6.07) is 6.37. The average molecular weight is 247 g/mol. The monoisotopic (exact) mass is 247 g/mol. The molecule has 0 aliphatic rings. The van der Waals surface area contributed by atoms with Crippen LogP contribution in [-0.2, 0) is 0 Å². The second kappa shape index (κ2) is 4.97. The molecule has 18 heavy (non-hydrogen) atoms. The summed E-state index contributed by atoms with van der Waals surface area (Å²) in [5.41, 5.74) is 1.24. The number of fused-ring (bicyclic) bond motifs is 1. The lowest BCUT2D eigenvalue weighted by Crippen LogP contribution is -2.15. The molecule has 1 atom stereocenters. The highest BCUT2D eigenvalue weighted by Crippen LogP contribution is 2.29. The molecule has 0 radical (unpaired) electrons. The molecule has 94 valence electrons. The molecule has 0 amide bonds. The molecule has 0 unspecified atom stereocenters. The predicted molar refractivity (Wildman–Crippen MR) is 68.6 cm³/mol. The van der Waals surface area contributed by atoms with Gasteiger partial charge in [-0.1, -0.05) is 0 Å². The highest BCUT2D eigenvalue weighted by atomic mass is 16.6. The number of pyridine rings is 1. The first-order chi connectivity index (χ1) is 8.59. The average Bonchev–Trinajstić information content (AvgIpc) is 2.35. The van der Waals surface area contributed by atoms with Crippen molar-refractivity contribution in [1.29, 1.82) is 0 Å². The standard InChI is InChI=1S/C12H13N3O3/c1-8(16)7-14-10-4-5-11(15(17)18)9-3-2-6-13-12(9)10/h2-6,8,14,16H,7H2,1H3/t8-/m1/s1. The molecule has 1 aromatic heterocycles. The Balaban J connectivity index is 2.50. The third-order valence-corrected chi connectivity index (χ3v) is 2.53. The van der Waals surface area contributed by atoms with E-state index in [0.29, 0.717) is 23.1 Å². The van der Waals surface area contributed by atoms with Gasteiger partial charge in [0, 0.05) is 18.8 Å². The summed E-state index contributed by atoms with van der Waals surface area (Å²) < 4.78 is 0. The van der Waals surface area contributed by atoms with Gasteiger partial charge in [0.2, 0.25) is 0 Å². The van der Waals surface area contributed by atoms with Gasteiger partial charge in [0.1, 0.15) is 5.52 Å². The van der Waals surface area contributed by atoms with Gasteiger partial charge in [0.05, 0.1) is 22.1 Å². The van der Waals surface area contributed by atoms with E-state index >= 15 is 0 Å². The Kier molecular flexibility index (Phi) is 3.38. The highest BCUT2D eigenvalue weighted by Gasteiger charge is 2.14. The van der Waals surface area contributed by atoms with Crippen molar-refractivity contribution in [1.82, 2.24) is 4.98 Å². The van der Waals surface area contributed by atoms with Gasteiger partial charge in [-0.05, 0) is 25.1 Å². The Morgan fingerprint density at radius 1 is 1.50 bits per heavy atom. The van der Waals surface area contributed by atoms with Gasteiger partial charge in [-0.3, -0.25) is 15.1 Å². The van der Waals surface area contributed by atoms with E-state index in [-0.39, 0.29) is 5.69 Å². The molecule has 1 aromatic carbocycles. The summed E-state index contributed by atoms with van der Waals surface area (Å²) in [7, 11) is 0. The third kappa shape index (κ3) is 2.38. The summed E-state index contributed by atoms with van der Waals surface area (Å²) in [5, 5.41) is 23.6. The molecule has 2 rings (SSSR count). The van der Waals surface area contributed by atoms with Crippen molar-refractivity contribution in [3.05, 3.63) is 40.6 Å². The Morgan fingerprint density at radius 3 is 2.94 bits per heavy atom. The van der Waals surface area contributed by atoms with Gasteiger partial charge >= 0.3 is 0 Å². The number of nitro groups is 1. The SMILES string of the molecule is C[C@@H](O)CNc1ccc([N+](=O)[O-])c2cccnc12. The molecule has 6 heteroatoms. The Labute approximate surface area is 103 Å². The summed E-state index contributed by atoms with van der Waals surface area (Å²) >= 11 is 0.